The molecule has 0 aromatic heterocycles. The molecule has 0 fully saturated rings. The third-order valence-corrected chi connectivity index (χ3v) is 4.77. The second-order valence-corrected chi connectivity index (χ2v) is 6.15. The number of halogens is 3. The molecule has 2 unspecified atom stereocenters. The molecule has 2 aliphatic carbocycles. The second-order valence-electron chi connectivity index (χ2n) is 6.15. The van der Waals surface area contributed by atoms with Crippen molar-refractivity contribution in [1.82, 2.24) is 4.90 Å². The lowest BCUT2D eigenvalue weighted by Gasteiger charge is -2.36. The van der Waals surface area contributed by atoms with Crippen LogP contribution in [-0.4, -0.2) is 29.9 Å². The van der Waals surface area contributed by atoms with Crippen molar-refractivity contribution in [1.29, 1.82) is 0 Å². The van der Waals surface area contributed by atoms with Crippen molar-refractivity contribution in [2.75, 3.05) is 7.05 Å². The van der Waals surface area contributed by atoms with Gasteiger partial charge in [-0.05, 0) is 43.5 Å². The summed E-state index contributed by atoms with van der Waals surface area (Å²) in [5.41, 5.74) is 1.76. The summed E-state index contributed by atoms with van der Waals surface area (Å²) in [6.45, 7) is 1.56. The minimum absolute atomic E-state index is 0.170. The first-order valence-corrected chi connectivity index (χ1v) is 7.60. The Labute approximate surface area is 133 Å². The number of rotatable bonds is 2. The summed E-state index contributed by atoms with van der Waals surface area (Å²) in [4.78, 5) is 14.0. The van der Waals surface area contributed by atoms with Crippen LogP contribution in [0.15, 0.2) is 47.6 Å². The molecular formula is C18H18F3NO. The Hall–Kier alpha value is -1.88. The van der Waals surface area contributed by atoms with Gasteiger partial charge in [0.25, 0.3) is 0 Å². The molecule has 2 atom stereocenters. The summed E-state index contributed by atoms with van der Waals surface area (Å²) in [7, 11) is 1.62. The van der Waals surface area contributed by atoms with E-state index in [1.165, 1.54) is 6.08 Å². The van der Waals surface area contributed by atoms with Crippen LogP contribution in [0, 0.1) is 0 Å². The summed E-state index contributed by atoms with van der Waals surface area (Å²) in [5, 5.41) is 0. The highest BCUT2D eigenvalue weighted by molar-refractivity contribution is 6.02. The number of Topliss-reactive ketones (excluding diaryl/α,β-unsaturated/α-hetero) is 1. The van der Waals surface area contributed by atoms with Gasteiger partial charge in [-0.3, -0.25) is 9.69 Å². The summed E-state index contributed by atoms with van der Waals surface area (Å²) >= 11 is 0. The summed E-state index contributed by atoms with van der Waals surface area (Å²) in [5.74, 6) is -0.466. The predicted molar refractivity (Wildman–Crippen MR) is 82.0 cm³/mol. The van der Waals surface area contributed by atoms with Crippen LogP contribution < -0.4 is 0 Å². The molecule has 2 aliphatic rings. The molecule has 0 spiro atoms. The number of hydrogen-bond donors (Lipinski definition) is 0. The molecule has 1 aromatic rings. The lowest BCUT2D eigenvalue weighted by Crippen LogP contribution is -2.46. The standard InChI is InChI=1S/C18H18F3NO/c1-11-7-9-14(18(19,20)21)16(17(11)23)22(2)15-10-8-12-5-3-4-6-13(12)15/h3-7,9,15-16H,8,10H2,1-2H3. The first kappa shape index (κ1) is 16.0. The first-order chi connectivity index (χ1) is 10.8. The second kappa shape index (κ2) is 5.64. The van der Waals surface area contributed by atoms with Crippen LogP contribution in [0.1, 0.15) is 30.5 Å². The van der Waals surface area contributed by atoms with Crippen molar-refractivity contribution in [3.05, 3.63) is 58.7 Å². The van der Waals surface area contributed by atoms with E-state index in [1.54, 1.807) is 18.9 Å². The van der Waals surface area contributed by atoms with Crippen molar-refractivity contribution >= 4 is 5.78 Å². The van der Waals surface area contributed by atoms with Gasteiger partial charge >= 0.3 is 6.18 Å². The van der Waals surface area contributed by atoms with E-state index in [4.69, 9.17) is 0 Å². The van der Waals surface area contributed by atoms with Crippen molar-refractivity contribution in [2.24, 2.45) is 0 Å². The number of aryl methyl sites for hydroxylation is 1. The largest absolute Gasteiger partial charge is 0.414 e. The number of benzene rings is 1. The number of hydrogen-bond acceptors (Lipinski definition) is 2. The molecular weight excluding hydrogens is 303 g/mol. The molecule has 0 amide bonds. The van der Waals surface area contributed by atoms with Crippen molar-refractivity contribution in [3.63, 3.8) is 0 Å². The van der Waals surface area contributed by atoms with Gasteiger partial charge in [0.1, 0.15) is 6.04 Å². The lowest BCUT2D eigenvalue weighted by atomic mass is 9.89. The van der Waals surface area contributed by atoms with Gasteiger partial charge in [-0.25, -0.2) is 0 Å². The van der Waals surface area contributed by atoms with Crippen LogP contribution in [0.2, 0.25) is 0 Å². The van der Waals surface area contributed by atoms with Gasteiger partial charge in [0, 0.05) is 6.04 Å². The number of likely N-dealkylation sites (N-methyl/N-ethyl adjacent to an activating group) is 1. The molecule has 0 aliphatic heterocycles. The van der Waals surface area contributed by atoms with Crippen molar-refractivity contribution < 1.29 is 18.0 Å². The number of alkyl halides is 3. The Bertz CT molecular complexity index is 702. The quantitative estimate of drug-likeness (QED) is 0.821. The van der Waals surface area contributed by atoms with E-state index in [2.05, 4.69) is 0 Å². The molecule has 122 valence electrons. The number of ketones is 1. The van der Waals surface area contributed by atoms with Crippen LogP contribution in [0.4, 0.5) is 13.2 Å². The Kier molecular flexibility index (Phi) is 3.92. The SMILES string of the molecule is CC1=CC=C(C(F)(F)F)C(N(C)C2CCc3ccccc32)C1=O. The molecule has 0 saturated carbocycles. The zero-order valence-electron chi connectivity index (χ0n) is 13.0. The zero-order chi connectivity index (χ0) is 16.8. The highest BCUT2D eigenvalue weighted by Gasteiger charge is 2.46. The monoisotopic (exact) mass is 321 g/mol. The fourth-order valence-electron chi connectivity index (χ4n) is 3.54. The molecule has 0 N–H and O–H groups in total. The maximum absolute atomic E-state index is 13.4. The zero-order valence-corrected chi connectivity index (χ0v) is 13.0. The minimum atomic E-state index is -4.51. The Morgan fingerprint density at radius 3 is 2.57 bits per heavy atom. The Balaban J connectivity index is 1.98. The highest BCUT2D eigenvalue weighted by atomic mass is 19.4. The Morgan fingerprint density at radius 2 is 1.87 bits per heavy atom. The summed E-state index contributed by atoms with van der Waals surface area (Å²) in [6.07, 6.45) is -0.653. The van der Waals surface area contributed by atoms with Crippen LogP contribution >= 0.6 is 0 Å². The van der Waals surface area contributed by atoms with E-state index in [1.807, 2.05) is 24.3 Å². The third-order valence-electron chi connectivity index (χ3n) is 4.77. The van der Waals surface area contributed by atoms with Crippen LogP contribution in [0.25, 0.3) is 0 Å². The summed E-state index contributed by atoms with van der Waals surface area (Å²) < 4.78 is 40.1. The molecule has 0 bridgehead atoms. The van der Waals surface area contributed by atoms with E-state index < -0.39 is 23.6 Å². The van der Waals surface area contributed by atoms with E-state index >= 15 is 0 Å². The number of allylic oxidation sites excluding steroid dienone is 2. The molecule has 23 heavy (non-hydrogen) atoms. The first-order valence-electron chi connectivity index (χ1n) is 7.60. The topological polar surface area (TPSA) is 20.3 Å². The number of fused-ring (bicyclic) bond motifs is 1. The van der Waals surface area contributed by atoms with E-state index in [9.17, 15) is 18.0 Å². The minimum Gasteiger partial charge on any atom is -0.292 e. The maximum atomic E-state index is 13.4. The average Bonchev–Trinajstić information content (AvgIpc) is 2.92. The van der Waals surface area contributed by atoms with Crippen LogP contribution in [0.5, 0.6) is 0 Å². The number of carbonyl (C=O) groups excluding carboxylic acids is 1. The normalized spacial score (nSPS) is 24.5. The van der Waals surface area contributed by atoms with E-state index in [-0.39, 0.29) is 6.04 Å². The van der Waals surface area contributed by atoms with Crippen molar-refractivity contribution in [2.45, 2.75) is 38.0 Å². The highest BCUT2D eigenvalue weighted by Crippen LogP contribution is 2.41. The molecule has 0 radical (unpaired) electrons. The van der Waals surface area contributed by atoms with E-state index in [0.717, 1.165) is 30.0 Å². The number of nitrogens with zero attached hydrogens (tertiary/aromatic N) is 1. The Morgan fingerprint density at radius 1 is 1.17 bits per heavy atom. The van der Waals surface area contributed by atoms with Crippen LogP contribution in [-0.2, 0) is 11.2 Å². The van der Waals surface area contributed by atoms with Gasteiger partial charge in [0.2, 0.25) is 0 Å². The van der Waals surface area contributed by atoms with Gasteiger partial charge in [-0.1, -0.05) is 36.4 Å². The van der Waals surface area contributed by atoms with E-state index in [0.29, 0.717) is 5.57 Å². The molecule has 2 nitrogen and oxygen atoms in total. The van der Waals surface area contributed by atoms with Gasteiger partial charge in [0.15, 0.2) is 5.78 Å². The smallest absolute Gasteiger partial charge is 0.292 e. The van der Waals surface area contributed by atoms with Crippen molar-refractivity contribution in [3.8, 4) is 0 Å². The van der Waals surface area contributed by atoms with Gasteiger partial charge in [0.05, 0.1) is 5.57 Å². The predicted octanol–water partition coefficient (Wildman–Crippen LogP) is 3.99. The van der Waals surface area contributed by atoms with Gasteiger partial charge in [-0.15, -0.1) is 0 Å². The average molecular weight is 321 g/mol. The molecule has 5 heteroatoms. The third kappa shape index (κ3) is 2.74. The maximum Gasteiger partial charge on any atom is 0.414 e. The lowest BCUT2D eigenvalue weighted by molar-refractivity contribution is -0.128. The molecule has 0 heterocycles. The molecule has 1 aromatic carbocycles. The van der Waals surface area contributed by atoms with Crippen LogP contribution in [0.3, 0.4) is 0 Å². The molecule has 0 saturated heterocycles. The number of carbonyl (C=O) groups is 1. The van der Waals surface area contributed by atoms with Gasteiger partial charge in [-0.2, -0.15) is 13.2 Å². The summed E-state index contributed by atoms with van der Waals surface area (Å²) in [6, 6.07) is 6.32. The fraction of sp³-hybridized carbons (Fsp3) is 0.389. The van der Waals surface area contributed by atoms with Gasteiger partial charge < -0.3 is 0 Å². The molecule has 3 rings (SSSR count). The fourth-order valence-corrected chi connectivity index (χ4v) is 3.54.